The highest BCUT2D eigenvalue weighted by atomic mass is 32.2. The van der Waals surface area contributed by atoms with Gasteiger partial charge in [0.15, 0.2) is 0 Å². The summed E-state index contributed by atoms with van der Waals surface area (Å²) in [5.41, 5.74) is 0. The maximum absolute atomic E-state index is 12.0. The van der Waals surface area contributed by atoms with E-state index in [2.05, 4.69) is 5.32 Å². The van der Waals surface area contributed by atoms with Gasteiger partial charge in [-0.1, -0.05) is 0 Å². The van der Waals surface area contributed by atoms with Crippen LogP contribution in [0.25, 0.3) is 0 Å². The first-order valence-corrected chi connectivity index (χ1v) is 7.30. The molecule has 1 rings (SSSR count). The van der Waals surface area contributed by atoms with Crippen LogP contribution in [0.3, 0.4) is 0 Å². The molecule has 1 atom stereocenters. The van der Waals surface area contributed by atoms with Gasteiger partial charge in [0.2, 0.25) is 21.8 Å². The van der Waals surface area contributed by atoms with Crippen LogP contribution in [0, 0.1) is 0 Å². The van der Waals surface area contributed by atoms with E-state index < -0.39 is 27.9 Å². The normalized spacial score (nSPS) is 22.3. The molecule has 0 bridgehead atoms. The molecule has 0 aliphatic carbocycles. The number of imide groups is 1. The molecule has 104 valence electrons. The van der Waals surface area contributed by atoms with Gasteiger partial charge >= 0.3 is 0 Å². The number of piperazine rings is 1. The molecule has 1 N–H and O–H groups in total. The Bertz CT molecular complexity index is 432. The summed E-state index contributed by atoms with van der Waals surface area (Å²) in [6, 6.07) is -0.869. The molecule has 1 saturated heterocycles. The van der Waals surface area contributed by atoms with Gasteiger partial charge in [-0.2, -0.15) is 4.31 Å². The third-order valence-electron chi connectivity index (χ3n) is 2.52. The minimum Gasteiger partial charge on any atom is -0.378 e. The molecular formula is C10H18N2O5S. The molecule has 18 heavy (non-hydrogen) atoms. The van der Waals surface area contributed by atoms with Crippen molar-refractivity contribution in [2.45, 2.75) is 32.9 Å². The summed E-state index contributed by atoms with van der Waals surface area (Å²) in [5, 5.41) is 2.09. The predicted octanol–water partition coefficient (Wildman–Crippen LogP) is -0.912. The smallest absolute Gasteiger partial charge is 0.244 e. The number of hydrogen-bond acceptors (Lipinski definition) is 5. The molecule has 2 amide bonds. The van der Waals surface area contributed by atoms with Gasteiger partial charge in [-0.05, 0) is 20.8 Å². The van der Waals surface area contributed by atoms with E-state index in [0.717, 1.165) is 4.31 Å². The predicted molar refractivity (Wildman–Crippen MR) is 64.2 cm³/mol. The van der Waals surface area contributed by atoms with E-state index in [0.29, 0.717) is 0 Å². The van der Waals surface area contributed by atoms with Gasteiger partial charge in [0.1, 0.15) is 6.04 Å². The van der Waals surface area contributed by atoms with E-state index >= 15 is 0 Å². The number of sulfonamides is 1. The minimum atomic E-state index is -3.67. The first kappa shape index (κ1) is 15.1. The Kier molecular flexibility index (Phi) is 4.83. The van der Waals surface area contributed by atoms with Crippen molar-refractivity contribution >= 4 is 21.8 Å². The van der Waals surface area contributed by atoms with Crippen LogP contribution in [-0.2, 0) is 24.3 Å². The summed E-state index contributed by atoms with van der Waals surface area (Å²) in [5.74, 6) is -1.44. The second-order valence-electron chi connectivity index (χ2n) is 4.37. The van der Waals surface area contributed by atoms with E-state index in [1.807, 2.05) is 0 Å². The largest absolute Gasteiger partial charge is 0.378 e. The molecular weight excluding hydrogens is 260 g/mol. The second kappa shape index (κ2) is 5.77. The lowest BCUT2D eigenvalue weighted by Crippen LogP contribution is -2.59. The van der Waals surface area contributed by atoms with Crippen molar-refractivity contribution in [3.8, 4) is 0 Å². The number of hydrogen-bond donors (Lipinski definition) is 1. The monoisotopic (exact) mass is 278 g/mol. The van der Waals surface area contributed by atoms with Crippen molar-refractivity contribution in [3.63, 3.8) is 0 Å². The minimum absolute atomic E-state index is 0.0407. The number of carbonyl (C=O) groups excluding carboxylic acids is 2. The lowest BCUT2D eigenvalue weighted by Gasteiger charge is -2.30. The van der Waals surface area contributed by atoms with E-state index in [1.54, 1.807) is 13.8 Å². The standard InChI is InChI=1S/C10H18N2O5S/c1-7(2)17-4-5-18(15,16)12-6-9(13)11-10(14)8(12)3/h7-8H,4-6H2,1-3H3,(H,11,13,14). The molecule has 1 unspecified atom stereocenters. The molecule has 0 saturated carbocycles. The lowest BCUT2D eigenvalue weighted by molar-refractivity contribution is -0.136. The summed E-state index contributed by atoms with van der Waals surface area (Å²) in [6.07, 6.45) is -0.0658. The Morgan fingerprint density at radius 2 is 2.06 bits per heavy atom. The van der Waals surface area contributed by atoms with E-state index in [9.17, 15) is 18.0 Å². The van der Waals surface area contributed by atoms with Crippen LogP contribution in [0.15, 0.2) is 0 Å². The lowest BCUT2D eigenvalue weighted by atomic mass is 10.2. The highest BCUT2D eigenvalue weighted by molar-refractivity contribution is 7.89. The van der Waals surface area contributed by atoms with Crippen molar-refractivity contribution in [2.75, 3.05) is 18.9 Å². The summed E-state index contributed by atoms with van der Waals surface area (Å²) < 4.78 is 30.0. The zero-order valence-corrected chi connectivity index (χ0v) is 11.5. The van der Waals surface area contributed by atoms with Crippen molar-refractivity contribution in [3.05, 3.63) is 0 Å². The zero-order chi connectivity index (χ0) is 13.9. The Labute approximate surface area is 107 Å². The number of ether oxygens (including phenoxy) is 1. The number of rotatable bonds is 5. The number of nitrogens with one attached hydrogen (secondary N) is 1. The average Bonchev–Trinajstić information content (AvgIpc) is 2.22. The molecule has 1 aliphatic rings. The molecule has 1 aliphatic heterocycles. The SMILES string of the molecule is CC(C)OCCS(=O)(=O)N1CC(=O)NC(=O)C1C. The van der Waals surface area contributed by atoms with Gasteiger partial charge in [0, 0.05) is 0 Å². The molecule has 8 heteroatoms. The van der Waals surface area contributed by atoms with Crippen LogP contribution >= 0.6 is 0 Å². The van der Waals surface area contributed by atoms with Crippen LogP contribution in [0.5, 0.6) is 0 Å². The summed E-state index contributed by atoms with van der Waals surface area (Å²) in [4.78, 5) is 22.6. The molecule has 1 fully saturated rings. The number of carbonyl (C=O) groups is 2. The summed E-state index contributed by atoms with van der Waals surface area (Å²) in [7, 11) is -3.67. The fourth-order valence-electron chi connectivity index (χ4n) is 1.54. The average molecular weight is 278 g/mol. The van der Waals surface area contributed by atoms with Gasteiger partial charge < -0.3 is 4.74 Å². The summed E-state index contributed by atoms with van der Waals surface area (Å²) >= 11 is 0. The number of nitrogens with zero attached hydrogens (tertiary/aromatic N) is 1. The van der Waals surface area contributed by atoms with Gasteiger partial charge in [-0.25, -0.2) is 8.42 Å². The van der Waals surface area contributed by atoms with Gasteiger partial charge in [-0.15, -0.1) is 0 Å². The molecule has 1 heterocycles. The molecule has 0 aromatic rings. The molecule has 7 nitrogen and oxygen atoms in total. The fourth-order valence-corrected chi connectivity index (χ4v) is 2.97. The van der Waals surface area contributed by atoms with Gasteiger partial charge in [0.25, 0.3) is 0 Å². The van der Waals surface area contributed by atoms with Crippen LogP contribution in [-0.4, -0.2) is 55.6 Å². The van der Waals surface area contributed by atoms with Crippen molar-refractivity contribution in [1.29, 1.82) is 0 Å². The van der Waals surface area contributed by atoms with Crippen molar-refractivity contribution in [2.24, 2.45) is 0 Å². The Morgan fingerprint density at radius 3 is 2.61 bits per heavy atom. The van der Waals surface area contributed by atoms with Crippen LogP contribution < -0.4 is 5.32 Å². The zero-order valence-electron chi connectivity index (χ0n) is 10.7. The van der Waals surface area contributed by atoms with Crippen LogP contribution in [0.2, 0.25) is 0 Å². The van der Waals surface area contributed by atoms with Crippen LogP contribution in [0.1, 0.15) is 20.8 Å². The second-order valence-corrected chi connectivity index (χ2v) is 6.41. The topological polar surface area (TPSA) is 92.8 Å². The molecule has 0 aromatic carbocycles. The molecule has 0 spiro atoms. The van der Waals surface area contributed by atoms with E-state index in [-0.39, 0.29) is 25.0 Å². The van der Waals surface area contributed by atoms with Crippen molar-refractivity contribution in [1.82, 2.24) is 9.62 Å². The maximum atomic E-state index is 12.0. The Balaban J connectivity index is 2.71. The Morgan fingerprint density at radius 1 is 1.44 bits per heavy atom. The van der Waals surface area contributed by atoms with Gasteiger partial charge in [-0.3, -0.25) is 14.9 Å². The van der Waals surface area contributed by atoms with E-state index in [4.69, 9.17) is 4.74 Å². The van der Waals surface area contributed by atoms with Crippen molar-refractivity contribution < 1.29 is 22.7 Å². The third kappa shape index (κ3) is 3.76. The first-order valence-electron chi connectivity index (χ1n) is 5.69. The summed E-state index contributed by atoms with van der Waals surface area (Å²) in [6.45, 7) is 4.76. The highest BCUT2D eigenvalue weighted by Crippen LogP contribution is 2.11. The highest BCUT2D eigenvalue weighted by Gasteiger charge is 2.37. The quantitative estimate of drug-likeness (QED) is 0.657. The molecule has 0 radical (unpaired) electrons. The third-order valence-corrected chi connectivity index (χ3v) is 4.37. The fraction of sp³-hybridized carbons (Fsp3) is 0.800. The van der Waals surface area contributed by atoms with Crippen LogP contribution in [0.4, 0.5) is 0 Å². The first-order chi connectivity index (χ1) is 8.24. The Hall–Kier alpha value is -0.990. The number of amides is 2. The van der Waals surface area contributed by atoms with Gasteiger partial charge in [0.05, 0.1) is 25.0 Å². The molecule has 0 aromatic heterocycles. The maximum Gasteiger partial charge on any atom is 0.244 e. The van der Waals surface area contributed by atoms with E-state index in [1.165, 1.54) is 6.92 Å².